The molecule has 1 heterocycles. The number of nitrogens with zero attached hydrogens (tertiary/aromatic N) is 1. The highest BCUT2D eigenvalue weighted by Gasteiger charge is 2.24. The number of carbonyl (C=O) groups excluding carboxylic acids is 1. The summed E-state index contributed by atoms with van der Waals surface area (Å²) in [6.07, 6.45) is 0.828. The molecule has 0 aromatic carbocycles. The van der Waals surface area contributed by atoms with Gasteiger partial charge in [0.15, 0.2) is 0 Å². The van der Waals surface area contributed by atoms with E-state index < -0.39 is 0 Å². The van der Waals surface area contributed by atoms with Gasteiger partial charge >= 0.3 is 6.09 Å². The molecule has 1 rings (SSSR count). The van der Waals surface area contributed by atoms with E-state index in [2.05, 4.69) is 24.1 Å². The lowest BCUT2D eigenvalue weighted by Crippen LogP contribution is -2.34. The van der Waals surface area contributed by atoms with Crippen LogP contribution < -0.4 is 5.32 Å². The second kappa shape index (κ2) is 6.09. The minimum atomic E-state index is -0.294. The molecule has 4 nitrogen and oxygen atoms in total. The molecule has 1 amide bonds. The third kappa shape index (κ3) is 4.39. The van der Waals surface area contributed by atoms with E-state index in [0.29, 0.717) is 12.0 Å². The van der Waals surface area contributed by atoms with Crippen molar-refractivity contribution in [1.82, 2.24) is 10.2 Å². The van der Waals surface area contributed by atoms with Crippen LogP contribution in [-0.4, -0.2) is 42.8 Å². The van der Waals surface area contributed by atoms with Gasteiger partial charge in [-0.15, -0.1) is 0 Å². The average molecular weight is 228 g/mol. The summed E-state index contributed by atoms with van der Waals surface area (Å²) in [5.41, 5.74) is 0. The molecule has 0 aromatic heterocycles. The average Bonchev–Trinajstić information content (AvgIpc) is 2.61. The van der Waals surface area contributed by atoms with E-state index in [-0.39, 0.29) is 12.2 Å². The second-order valence-electron chi connectivity index (χ2n) is 5.08. The van der Waals surface area contributed by atoms with Gasteiger partial charge in [-0.1, -0.05) is 0 Å². The molecule has 0 radical (unpaired) electrons. The molecular weight excluding hydrogens is 204 g/mol. The molecule has 16 heavy (non-hydrogen) atoms. The van der Waals surface area contributed by atoms with Gasteiger partial charge in [0, 0.05) is 19.1 Å². The van der Waals surface area contributed by atoms with Gasteiger partial charge in [0.05, 0.1) is 6.10 Å². The molecule has 4 heteroatoms. The summed E-state index contributed by atoms with van der Waals surface area (Å²) in [6, 6.07) is 0.604. The molecule has 1 saturated heterocycles. The zero-order valence-electron chi connectivity index (χ0n) is 10.8. The molecule has 1 aliphatic heterocycles. The minimum absolute atomic E-state index is 0.0456. The lowest BCUT2D eigenvalue weighted by atomic mass is 10.1. The molecule has 0 aromatic rings. The lowest BCUT2D eigenvalue weighted by Gasteiger charge is -2.20. The van der Waals surface area contributed by atoms with Crippen LogP contribution in [0.3, 0.4) is 0 Å². The monoisotopic (exact) mass is 228 g/mol. The van der Waals surface area contributed by atoms with Crippen LogP contribution in [0, 0.1) is 5.92 Å². The third-order valence-electron chi connectivity index (χ3n) is 2.93. The van der Waals surface area contributed by atoms with Crippen LogP contribution in [0.15, 0.2) is 0 Å². The molecule has 1 fully saturated rings. The molecule has 0 saturated carbocycles. The van der Waals surface area contributed by atoms with Crippen LogP contribution in [0.5, 0.6) is 0 Å². The van der Waals surface area contributed by atoms with Crippen molar-refractivity contribution >= 4 is 6.09 Å². The molecular formula is C12H24N2O2. The first kappa shape index (κ1) is 13.3. The van der Waals surface area contributed by atoms with Crippen molar-refractivity contribution in [3.8, 4) is 0 Å². The predicted molar refractivity (Wildman–Crippen MR) is 64.4 cm³/mol. The topological polar surface area (TPSA) is 41.6 Å². The van der Waals surface area contributed by atoms with Crippen LogP contribution in [0.2, 0.25) is 0 Å². The number of carbonyl (C=O) groups is 1. The van der Waals surface area contributed by atoms with E-state index in [9.17, 15) is 4.79 Å². The van der Waals surface area contributed by atoms with Gasteiger partial charge in [-0.3, -0.25) is 0 Å². The zero-order valence-corrected chi connectivity index (χ0v) is 10.8. The maximum Gasteiger partial charge on any atom is 0.407 e. The number of amides is 1. The molecule has 94 valence electrons. The van der Waals surface area contributed by atoms with Gasteiger partial charge in [0.25, 0.3) is 0 Å². The van der Waals surface area contributed by atoms with Crippen LogP contribution in [0.25, 0.3) is 0 Å². The second-order valence-corrected chi connectivity index (χ2v) is 5.08. The molecule has 1 atom stereocenters. The maximum atomic E-state index is 11.3. The fourth-order valence-corrected chi connectivity index (χ4v) is 1.98. The molecule has 0 spiro atoms. The Hall–Kier alpha value is -0.770. The number of alkyl carbamates (subject to hydrolysis) is 1. The van der Waals surface area contributed by atoms with Gasteiger partial charge in [0.1, 0.15) is 0 Å². The summed E-state index contributed by atoms with van der Waals surface area (Å²) < 4.78 is 5.02. The molecule has 1 unspecified atom stereocenters. The summed E-state index contributed by atoms with van der Waals surface area (Å²) >= 11 is 0. The van der Waals surface area contributed by atoms with Gasteiger partial charge in [-0.25, -0.2) is 4.79 Å². The van der Waals surface area contributed by atoms with E-state index in [0.717, 1.165) is 19.6 Å². The van der Waals surface area contributed by atoms with Gasteiger partial charge in [-0.05, 0) is 46.6 Å². The summed E-state index contributed by atoms with van der Waals surface area (Å²) in [6.45, 7) is 11.1. The molecule has 0 aliphatic carbocycles. The Labute approximate surface area is 98.3 Å². The summed E-state index contributed by atoms with van der Waals surface area (Å²) in [5.74, 6) is 0.571. The molecule has 0 bridgehead atoms. The Morgan fingerprint density at radius 1 is 1.44 bits per heavy atom. The van der Waals surface area contributed by atoms with E-state index in [1.165, 1.54) is 6.42 Å². The normalized spacial score (nSPS) is 21.8. The van der Waals surface area contributed by atoms with Crippen LogP contribution in [0.4, 0.5) is 4.79 Å². The maximum absolute atomic E-state index is 11.3. The Morgan fingerprint density at radius 3 is 2.62 bits per heavy atom. The smallest absolute Gasteiger partial charge is 0.407 e. The lowest BCUT2D eigenvalue weighted by molar-refractivity contribution is 0.114. The Morgan fingerprint density at radius 2 is 2.12 bits per heavy atom. The van der Waals surface area contributed by atoms with Crippen molar-refractivity contribution in [2.45, 2.75) is 46.3 Å². The minimum Gasteiger partial charge on any atom is -0.447 e. The first-order valence-electron chi connectivity index (χ1n) is 6.17. The zero-order chi connectivity index (χ0) is 12.1. The van der Waals surface area contributed by atoms with Crippen molar-refractivity contribution in [2.24, 2.45) is 5.92 Å². The number of hydrogen-bond acceptors (Lipinski definition) is 3. The SMILES string of the molecule is CC(C)OC(=O)NCC1CCN(C(C)C)C1. The first-order valence-corrected chi connectivity index (χ1v) is 6.17. The predicted octanol–water partition coefficient (Wildman–Crippen LogP) is 1.85. The highest BCUT2D eigenvalue weighted by Crippen LogP contribution is 2.17. The number of rotatable bonds is 4. The van der Waals surface area contributed by atoms with Gasteiger partial charge in [0.2, 0.25) is 0 Å². The van der Waals surface area contributed by atoms with Crippen molar-refractivity contribution in [1.29, 1.82) is 0 Å². The van der Waals surface area contributed by atoms with Crippen molar-refractivity contribution in [2.75, 3.05) is 19.6 Å². The van der Waals surface area contributed by atoms with E-state index >= 15 is 0 Å². The standard InChI is InChI=1S/C12H24N2O2/c1-9(2)14-6-5-11(8-14)7-13-12(15)16-10(3)4/h9-11H,5-8H2,1-4H3,(H,13,15). The number of likely N-dealkylation sites (tertiary alicyclic amines) is 1. The molecule has 1 N–H and O–H groups in total. The number of hydrogen-bond donors (Lipinski definition) is 1. The third-order valence-corrected chi connectivity index (χ3v) is 2.93. The van der Waals surface area contributed by atoms with Crippen molar-refractivity contribution in [3.05, 3.63) is 0 Å². The fraction of sp³-hybridized carbons (Fsp3) is 0.917. The summed E-state index contributed by atoms with van der Waals surface area (Å²) in [4.78, 5) is 13.7. The molecule has 1 aliphatic rings. The quantitative estimate of drug-likeness (QED) is 0.798. The highest BCUT2D eigenvalue weighted by atomic mass is 16.6. The van der Waals surface area contributed by atoms with E-state index in [1.54, 1.807) is 0 Å². The fourth-order valence-electron chi connectivity index (χ4n) is 1.98. The Bertz CT molecular complexity index is 229. The van der Waals surface area contributed by atoms with Crippen molar-refractivity contribution in [3.63, 3.8) is 0 Å². The van der Waals surface area contributed by atoms with Crippen LogP contribution >= 0.6 is 0 Å². The largest absolute Gasteiger partial charge is 0.447 e. The number of nitrogens with one attached hydrogen (secondary N) is 1. The summed E-state index contributed by atoms with van der Waals surface area (Å²) in [7, 11) is 0. The Kier molecular flexibility index (Phi) is 5.06. The van der Waals surface area contributed by atoms with Crippen molar-refractivity contribution < 1.29 is 9.53 Å². The van der Waals surface area contributed by atoms with Crippen LogP contribution in [0.1, 0.15) is 34.1 Å². The van der Waals surface area contributed by atoms with Crippen LogP contribution in [-0.2, 0) is 4.74 Å². The summed E-state index contributed by atoms with van der Waals surface area (Å²) in [5, 5.41) is 2.83. The number of ether oxygens (including phenoxy) is 1. The van der Waals surface area contributed by atoms with Gasteiger partial charge in [-0.2, -0.15) is 0 Å². The first-order chi connectivity index (χ1) is 7.49. The Balaban J connectivity index is 2.17. The van der Waals surface area contributed by atoms with E-state index in [1.807, 2.05) is 13.8 Å². The van der Waals surface area contributed by atoms with Gasteiger partial charge < -0.3 is 15.0 Å². The highest BCUT2D eigenvalue weighted by molar-refractivity contribution is 5.67. The van der Waals surface area contributed by atoms with E-state index in [4.69, 9.17) is 4.74 Å².